The lowest BCUT2D eigenvalue weighted by Crippen LogP contribution is -2.19. The first-order valence-corrected chi connectivity index (χ1v) is 8.79. The Balaban J connectivity index is 1.55. The van der Waals surface area contributed by atoms with Crippen molar-refractivity contribution in [1.82, 2.24) is 5.32 Å². The van der Waals surface area contributed by atoms with Crippen LogP contribution in [0.4, 0.5) is 5.69 Å². The highest BCUT2D eigenvalue weighted by Crippen LogP contribution is 2.35. The number of anilines is 1. The van der Waals surface area contributed by atoms with E-state index >= 15 is 0 Å². The van der Waals surface area contributed by atoms with Crippen LogP contribution in [0.2, 0.25) is 5.02 Å². The summed E-state index contributed by atoms with van der Waals surface area (Å²) in [5, 5.41) is 7.55. The highest BCUT2D eigenvalue weighted by molar-refractivity contribution is 7.21. The minimum atomic E-state index is -0.190. The predicted octanol–water partition coefficient (Wildman–Crippen LogP) is 4.16. The minimum Gasteiger partial charge on any atom is -0.368 e. The van der Waals surface area contributed by atoms with E-state index in [1.807, 2.05) is 48.5 Å². The average molecular weight is 356 g/mol. The number of aliphatic imine (C=N–C) groups is 1. The third-order valence-corrected chi connectivity index (χ3v) is 5.51. The van der Waals surface area contributed by atoms with Crippen molar-refractivity contribution in [2.24, 2.45) is 4.99 Å². The van der Waals surface area contributed by atoms with Crippen molar-refractivity contribution in [2.45, 2.75) is 0 Å². The Labute approximate surface area is 148 Å². The Bertz CT molecular complexity index is 947. The first-order valence-electron chi connectivity index (χ1n) is 7.59. The number of rotatable bonds is 3. The van der Waals surface area contributed by atoms with E-state index in [-0.39, 0.29) is 5.91 Å². The normalized spacial score (nSPS) is 13.6. The van der Waals surface area contributed by atoms with Crippen molar-refractivity contribution in [3.63, 3.8) is 0 Å². The second-order valence-corrected chi connectivity index (χ2v) is 6.86. The molecule has 0 unspecified atom stereocenters. The molecule has 24 heavy (non-hydrogen) atoms. The zero-order valence-corrected chi connectivity index (χ0v) is 14.2. The number of nitrogens with one attached hydrogen (secondary N) is 2. The maximum absolute atomic E-state index is 12.5. The van der Waals surface area contributed by atoms with Crippen LogP contribution in [0.1, 0.15) is 15.2 Å². The van der Waals surface area contributed by atoms with Crippen LogP contribution in [0.15, 0.2) is 53.5 Å². The first-order chi connectivity index (χ1) is 11.7. The number of fused-ring (bicyclic) bond motifs is 1. The van der Waals surface area contributed by atoms with Gasteiger partial charge in [0.1, 0.15) is 10.7 Å². The third-order valence-electron chi connectivity index (χ3n) is 3.83. The largest absolute Gasteiger partial charge is 0.368 e. The Kier molecular flexibility index (Phi) is 3.96. The molecule has 0 spiro atoms. The number of carbonyl (C=O) groups excluding carboxylic acids is 1. The van der Waals surface area contributed by atoms with Crippen molar-refractivity contribution in [2.75, 3.05) is 18.4 Å². The van der Waals surface area contributed by atoms with Gasteiger partial charge in [-0.15, -0.1) is 11.3 Å². The van der Waals surface area contributed by atoms with Crippen LogP contribution in [-0.4, -0.2) is 24.8 Å². The van der Waals surface area contributed by atoms with E-state index in [1.54, 1.807) is 0 Å². The molecular formula is C18H14ClN3OS. The molecule has 0 saturated carbocycles. The molecular weight excluding hydrogens is 342 g/mol. The molecule has 6 heteroatoms. The van der Waals surface area contributed by atoms with Gasteiger partial charge < -0.3 is 10.6 Å². The number of carbonyl (C=O) groups is 1. The number of halogens is 1. The number of amidine groups is 1. The fourth-order valence-electron chi connectivity index (χ4n) is 2.65. The van der Waals surface area contributed by atoms with Gasteiger partial charge in [-0.3, -0.25) is 9.79 Å². The van der Waals surface area contributed by atoms with E-state index < -0.39 is 0 Å². The summed E-state index contributed by atoms with van der Waals surface area (Å²) in [5.74, 6) is 0.714. The van der Waals surface area contributed by atoms with Gasteiger partial charge in [-0.05, 0) is 30.3 Å². The summed E-state index contributed by atoms with van der Waals surface area (Å²) in [6.45, 7) is 1.68. The molecule has 0 radical (unpaired) electrons. The van der Waals surface area contributed by atoms with Gasteiger partial charge >= 0.3 is 0 Å². The highest BCUT2D eigenvalue weighted by Gasteiger charge is 2.17. The maximum Gasteiger partial charge on any atom is 0.267 e. The number of hydrogen-bond acceptors (Lipinski definition) is 4. The molecule has 1 amide bonds. The van der Waals surface area contributed by atoms with Gasteiger partial charge in [0, 0.05) is 27.9 Å². The van der Waals surface area contributed by atoms with Gasteiger partial charge in [0.15, 0.2) is 0 Å². The van der Waals surface area contributed by atoms with E-state index in [9.17, 15) is 4.79 Å². The van der Waals surface area contributed by atoms with E-state index in [4.69, 9.17) is 11.6 Å². The number of hydrogen-bond donors (Lipinski definition) is 2. The molecule has 3 aromatic rings. The first kappa shape index (κ1) is 15.2. The SMILES string of the molecule is O=C(Nc1ccc(C2=NCCN2)cc1)c1sc2ccccc2c1Cl. The summed E-state index contributed by atoms with van der Waals surface area (Å²) in [7, 11) is 0. The van der Waals surface area contributed by atoms with Crippen LogP contribution in [0, 0.1) is 0 Å². The summed E-state index contributed by atoms with van der Waals surface area (Å²) in [6.07, 6.45) is 0. The Morgan fingerprint density at radius 3 is 2.67 bits per heavy atom. The zero-order valence-electron chi connectivity index (χ0n) is 12.7. The molecule has 4 nitrogen and oxygen atoms in total. The summed E-state index contributed by atoms with van der Waals surface area (Å²) in [4.78, 5) is 17.4. The molecule has 0 bridgehead atoms. The lowest BCUT2D eigenvalue weighted by molar-refractivity contribution is 0.103. The van der Waals surface area contributed by atoms with Gasteiger partial charge in [-0.25, -0.2) is 0 Å². The zero-order chi connectivity index (χ0) is 16.5. The maximum atomic E-state index is 12.5. The molecule has 2 aromatic carbocycles. The second-order valence-electron chi connectivity index (χ2n) is 5.43. The molecule has 1 aliphatic rings. The van der Waals surface area contributed by atoms with Crippen molar-refractivity contribution in [1.29, 1.82) is 0 Å². The smallest absolute Gasteiger partial charge is 0.267 e. The monoisotopic (exact) mass is 355 g/mol. The lowest BCUT2D eigenvalue weighted by Gasteiger charge is -2.06. The molecule has 0 fully saturated rings. The van der Waals surface area contributed by atoms with Crippen molar-refractivity contribution < 1.29 is 4.79 Å². The van der Waals surface area contributed by atoms with Crippen molar-refractivity contribution in [3.8, 4) is 0 Å². The van der Waals surface area contributed by atoms with Crippen LogP contribution >= 0.6 is 22.9 Å². The topological polar surface area (TPSA) is 53.5 Å². The number of thiophene rings is 1. The fourth-order valence-corrected chi connectivity index (χ4v) is 4.06. The van der Waals surface area contributed by atoms with E-state index in [2.05, 4.69) is 15.6 Å². The Morgan fingerprint density at radius 2 is 1.96 bits per heavy atom. The summed E-state index contributed by atoms with van der Waals surface area (Å²) in [6, 6.07) is 15.4. The van der Waals surface area contributed by atoms with E-state index in [0.717, 1.165) is 40.3 Å². The van der Waals surface area contributed by atoms with Crippen LogP contribution in [0.25, 0.3) is 10.1 Å². The average Bonchev–Trinajstić information content (AvgIpc) is 3.24. The molecule has 1 aliphatic heterocycles. The van der Waals surface area contributed by atoms with E-state index in [0.29, 0.717) is 9.90 Å². The molecule has 0 saturated heterocycles. The number of amides is 1. The van der Waals surface area contributed by atoms with Gasteiger partial charge in [0.2, 0.25) is 0 Å². The molecule has 120 valence electrons. The predicted molar refractivity (Wildman–Crippen MR) is 101 cm³/mol. The molecule has 2 heterocycles. The summed E-state index contributed by atoms with van der Waals surface area (Å²) in [5.41, 5.74) is 1.75. The van der Waals surface area contributed by atoms with Crippen LogP contribution in [0.3, 0.4) is 0 Å². The minimum absolute atomic E-state index is 0.190. The molecule has 4 rings (SSSR count). The van der Waals surface area contributed by atoms with Crippen molar-refractivity contribution >= 4 is 50.5 Å². The summed E-state index contributed by atoms with van der Waals surface area (Å²) >= 11 is 7.76. The van der Waals surface area contributed by atoms with Gasteiger partial charge in [0.25, 0.3) is 5.91 Å². The quantitative estimate of drug-likeness (QED) is 0.741. The number of nitrogens with zero attached hydrogens (tertiary/aromatic N) is 1. The van der Waals surface area contributed by atoms with Crippen LogP contribution in [0.5, 0.6) is 0 Å². The number of benzene rings is 2. The molecule has 2 N–H and O–H groups in total. The molecule has 0 atom stereocenters. The van der Waals surface area contributed by atoms with Gasteiger partial charge in [-0.2, -0.15) is 0 Å². The molecule has 0 aliphatic carbocycles. The van der Waals surface area contributed by atoms with E-state index in [1.165, 1.54) is 11.3 Å². The van der Waals surface area contributed by atoms with Crippen molar-refractivity contribution in [3.05, 3.63) is 64.0 Å². The van der Waals surface area contributed by atoms with Crippen LogP contribution in [-0.2, 0) is 0 Å². The lowest BCUT2D eigenvalue weighted by atomic mass is 10.2. The summed E-state index contributed by atoms with van der Waals surface area (Å²) < 4.78 is 1.01. The van der Waals surface area contributed by atoms with Gasteiger partial charge in [0.05, 0.1) is 11.6 Å². The highest BCUT2D eigenvalue weighted by atomic mass is 35.5. The molecule has 1 aromatic heterocycles. The fraction of sp³-hybridized carbons (Fsp3) is 0.111. The van der Waals surface area contributed by atoms with Crippen LogP contribution < -0.4 is 10.6 Å². The Hall–Kier alpha value is -2.37. The second kappa shape index (κ2) is 6.26. The standard InChI is InChI=1S/C18H14ClN3OS/c19-15-13-3-1-2-4-14(13)24-16(15)18(23)22-12-7-5-11(6-8-12)17-20-9-10-21-17/h1-8H,9-10H2,(H,20,21)(H,22,23). The third kappa shape index (κ3) is 2.77. The Morgan fingerprint density at radius 1 is 1.17 bits per heavy atom. The van der Waals surface area contributed by atoms with Gasteiger partial charge in [-0.1, -0.05) is 29.8 Å².